The van der Waals surface area contributed by atoms with E-state index in [9.17, 15) is 0 Å². The minimum Gasteiger partial charge on any atom is -0.378 e. The summed E-state index contributed by atoms with van der Waals surface area (Å²) in [6, 6.07) is 8.40. The predicted octanol–water partition coefficient (Wildman–Crippen LogP) is 6.78. The van der Waals surface area contributed by atoms with Crippen LogP contribution in [0.15, 0.2) is 24.3 Å². The van der Waals surface area contributed by atoms with Gasteiger partial charge in [0, 0.05) is 17.2 Å². The lowest BCUT2D eigenvalue weighted by Crippen LogP contribution is -2.13. The smallest absolute Gasteiger partial charge is 0.133 e. The number of unbranched alkanes of at least 4 members (excludes halogenated alkanes) is 6. The fourth-order valence-corrected chi connectivity index (χ4v) is 5.73. The Balaban J connectivity index is 1.44. The van der Waals surface area contributed by atoms with Gasteiger partial charge < -0.3 is 4.74 Å². The highest BCUT2D eigenvalue weighted by Crippen LogP contribution is 2.19. The molecule has 1 nitrogen and oxygen atoms in total. The number of rotatable bonds is 13. The van der Waals surface area contributed by atoms with Crippen LogP contribution in [-0.4, -0.2) is 24.2 Å². The number of halogens is 1. The monoisotopic (exact) mass is 383 g/mol. The molecule has 0 N–H and O–H groups in total. The Morgan fingerprint density at radius 1 is 1.08 bits per heavy atom. The highest BCUT2D eigenvalue weighted by Gasteiger charge is 2.16. The molecule has 0 radical (unpaired) electrons. The van der Waals surface area contributed by atoms with E-state index in [-0.39, 0.29) is 0 Å². The van der Waals surface area contributed by atoms with Gasteiger partial charge in [-0.25, -0.2) is 0 Å². The van der Waals surface area contributed by atoms with Gasteiger partial charge in [-0.15, -0.1) is 0 Å². The van der Waals surface area contributed by atoms with Crippen LogP contribution in [0, 0.1) is 0 Å². The van der Waals surface area contributed by atoms with Gasteiger partial charge in [0.25, 0.3) is 0 Å². The Kier molecular flexibility index (Phi) is 11.0. The number of hydrogen-bond acceptors (Lipinski definition) is 1. The average Bonchev–Trinajstić information content (AvgIpc) is 3.12. The van der Waals surface area contributed by atoms with E-state index in [2.05, 4.69) is 25.1 Å². The molecular formula is C22H36ClOS+. The molecule has 2 rings (SSSR count). The molecule has 2 unspecified atom stereocenters. The van der Waals surface area contributed by atoms with E-state index in [1.807, 2.05) is 6.07 Å². The van der Waals surface area contributed by atoms with Gasteiger partial charge in [-0.3, -0.25) is 0 Å². The Morgan fingerprint density at radius 2 is 1.84 bits per heavy atom. The molecule has 3 heteroatoms. The molecule has 0 aromatic heterocycles. The van der Waals surface area contributed by atoms with Gasteiger partial charge in [0.15, 0.2) is 0 Å². The third kappa shape index (κ3) is 9.35. The number of ether oxygens (including phenoxy) is 1. The van der Waals surface area contributed by atoms with Gasteiger partial charge >= 0.3 is 0 Å². The Hall–Kier alpha value is -0.180. The van der Waals surface area contributed by atoms with E-state index in [0.29, 0.717) is 17.0 Å². The second-order valence-electron chi connectivity index (χ2n) is 7.28. The summed E-state index contributed by atoms with van der Waals surface area (Å²) in [6.45, 7) is 3.34. The molecule has 0 aliphatic carbocycles. The molecular weight excluding hydrogens is 348 g/mol. The second kappa shape index (κ2) is 13.1. The summed E-state index contributed by atoms with van der Waals surface area (Å²) in [4.78, 5) is 0. The van der Waals surface area contributed by atoms with Crippen LogP contribution in [0.1, 0.15) is 76.7 Å². The largest absolute Gasteiger partial charge is 0.378 e. The first kappa shape index (κ1) is 21.1. The van der Waals surface area contributed by atoms with Gasteiger partial charge in [-0.05, 0) is 62.1 Å². The zero-order valence-electron chi connectivity index (χ0n) is 16.0. The summed E-state index contributed by atoms with van der Waals surface area (Å²) in [5, 5.41) is 0.872. The van der Waals surface area contributed by atoms with E-state index in [0.717, 1.165) is 11.6 Å². The standard InChI is InChI=1S/C22H36ClOS/c1-2-25(19-20-12-10-13-21(23)18-20)17-9-7-5-3-4-6-8-14-22-15-11-16-24-22/h10,12-13,18,22H,2-9,11,14-17,19H2,1H3/q+1. The lowest BCUT2D eigenvalue weighted by molar-refractivity contribution is 0.102. The average molecular weight is 384 g/mol. The minimum atomic E-state index is 0.525. The third-order valence-electron chi connectivity index (χ3n) is 5.15. The predicted molar refractivity (Wildman–Crippen MR) is 114 cm³/mol. The molecule has 142 valence electrons. The second-order valence-corrected chi connectivity index (χ2v) is 10.2. The normalized spacial score (nSPS) is 18.6. The summed E-state index contributed by atoms with van der Waals surface area (Å²) in [7, 11) is 0.525. The van der Waals surface area contributed by atoms with Crippen molar-refractivity contribution in [1.29, 1.82) is 0 Å². The van der Waals surface area contributed by atoms with Crippen molar-refractivity contribution >= 4 is 22.5 Å². The lowest BCUT2D eigenvalue weighted by Gasteiger charge is -2.09. The Bertz CT molecular complexity index is 459. The van der Waals surface area contributed by atoms with Crippen LogP contribution in [0.25, 0.3) is 0 Å². The minimum absolute atomic E-state index is 0.525. The fourth-order valence-electron chi connectivity index (χ4n) is 3.62. The first-order valence-electron chi connectivity index (χ1n) is 10.3. The zero-order chi connectivity index (χ0) is 17.7. The molecule has 1 aliphatic heterocycles. The SMILES string of the molecule is CC[S+](CCCCCCCCCC1CCCO1)Cc1cccc(Cl)c1. The molecule has 1 saturated heterocycles. The van der Waals surface area contributed by atoms with Crippen LogP contribution in [-0.2, 0) is 21.4 Å². The van der Waals surface area contributed by atoms with E-state index < -0.39 is 0 Å². The van der Waals surface area contributed by atoms with Crippen molar-refractivity contribution in [2.45, 2.75) is 83.0 Å². The lowest BCUT2D eigenvalue weighted by atomic mass is 10.1. The molecule has 1 heterocycles. The van der Waals surface area contributed by atoms with Gasteiger partial charge in [-0.2, -0.15) is 0 Å². The maximum Gasteiger partial charge on any atom is 0.133 e. The number of hydrogen-bond donors (Lipinski definition) is 0. The highest BCUT2D eigenvalue weighted by molar-refractivity contribution is 7.96. The van der Waals surface area contributed by atoms with Gasteiger partial charge in [0.2, 0.25) is 0 Å². The van der Waals surface area contributed by atoms with Crippen LogP contribution in [0.5, 0.6) is 0 Å². The van der Waals surface area contributed by atoms with Crippen LogP contribution in [0.2, 0.25) is 5.02 Å². The van der Waals surface area contributed by atoms with Crippen LogP contribution >= 0.6 is 11.6 Å². The van der Waals surface area contributed by atoms with E-state index in [1.54, 1.807) is 0 Å². The maximum atomic E-state index is 6.10. The summed E-state index contributed by atoms with van der Waals surface area (Å²) in [6.07, 6.45) is 14.3. The molecule has 25 heavy (non-hydrogen) atoms. The van der Waals surface area contributed by atoms with Crippen molar-refractivity contribution in [2.24, 2.45) is 0 Å². The fraction of sp³-hybridized carbons (Fsp3) is 0.727. The van der Waals surface area contributed by atoms with Crippen molar-refractivity contribution in [1.82, 2.24) is 0 Å². The molecule has 1 fully saturated rings. The van der Waals surface area contributed by atoms with Crippen LogP contribution in [0.3, 0.4) is 0 Å². The van der Waals surface area contributed by atoms with Crippen molar-refractivity contribution < 1.29 is 4.74 Å². The van der Waals surface area contributed by atoms with Crippen molar-refractivity contribution in [3.05, 3.63) is 34.9 Å². The van der Waals surface area contributed by atoms with Crippen molar-refractivity contribution in [3.63, 3.8) is 0 Å². The molecule has 0 spiro atoms. The van der Waals surface area contributed by atoms with Gasteiger partial charge in [0.05, 0.1) is 6.10 Å². The summed E-state index contributed by atoms with van der Waals surface area (Å²) in [5.41, 5.74) is 1.41. The summed E-state index contributed by atoms with van der Waals surface area (Å²) >= 11 is 6.10. The molecule has 0 saturated carbocycles. The molecule has 1 aromatic rings. The maximum absolute atomic E-state index is 6.10. The third-order valence-corrected chi connectivity index (χ3v) is 7.81. The quantitative estimate of drug-likeness (QED) is 0.269. The summed E-state index contributed by atoms with van der Waals surface area (Å²) in [5.74, 6) is 3.90. The van der Waals surface area contributed by atoms with Gasteiger partial charge in [-0.1, -0.05) is 55.8 Å². The molecule has 1 aliphatic rings. The molecule has 0 bridgehead atoms. The van der Waals surface area contributed by atoms with E-state index in [1.165, 1.54) is 87.0 Å². The molecule has 0 amide bonds. The van der Waals surface area contributed by atoms with E-state index >= 15 is 0 Å². The zero-order valence-corrected chi connectivity index (χ0v) is 17.6. The first-order chi connectivity index (χ1) is 12.3. The van der Waals surface area contributed by atoms with Gasteiger partial charge in [0.1, 0.15) is 17.3 Å². The van der Waals surface area contributed by atoms with E-state index in [4.69, 9.17) is 16.3 Å². The van der Waals surface area contributed by atoms with Crippen molar-refractivity contribution in [3.8, 4) is 0 Å². The highest BCUT2D eigenvalue weighted by atomic mass is 35.5. The van der Waals surface area contributed by atoms with Crippen LogP contribution < -0.4 is 0 Å². The summed E-state index contributed by atoms with van der Waals surface area (Å²) < 4.78 is 5.69. The first-order valence-corrected chi connectivity index (χ1v) is 12.4. The van der Waals surface area contributed by atoms with Crippen molar-refractivity contribution in [2.75, 3.05) is 18.1 Å². The number of benzene rings is 1. The van der Waals surface area contributed by atoms with Crippen LogP contribution in [0.4, 0.5) is 0 Å². The molecule has 1 aromatic carbocycles. The Morgan fingerprint density at radius 3 is 2.52 bits per heavy atom. The topological polar surface area (TPSA) is 9.23 Å². The Labute approximate surface area is 163 Å². The molecule has 2 atom stereocenters.